The van der Waals surface area contributed by atoms with Crippen LogP contribution in [0.4, 0.5) is 0 Å². The van der Waals surface area contributed by atoms with Crippen LogP contribution in [0, 0.1) is 6.92 Å². The predicted molar refractivity (Wildman–Crippen MR) is 55.9 cm³/mol. The van der Waals surface area contributed by atoms with Crippen LogP contribution in [0.25, 0.3) is 10.1 Å². The lowest BCUT2D eigenvalue weighted by Crippen LogP contribution is -1.73. The number of aromatic hydroxyl groups is 1. The average Bonchev–Trinajstić information content (AvgIpc) is 2.42. The summed E-state index contributed by atoms with van der Waals surface area (Å²) < 4.78 is 2.11. The second kappa shape index (κ2) is 2.75. The van der Waals surface area contributed by atoms with E-state index in [1.807, 2.05) is 19.1 Å². The number of rotatable bonds is 0. The number of fused-ring (bicyclic) bond motifs is 1. The summed E-state index contributed by atoms with van der Waals surface area (Å²) in [6.45, 7) is 2.05. The van der Waals surface area contributed by atoms with E-state index in [0.29, 0.717) is 5.75 Å². The summed E-state index contributed by atoms with van der Waals surface area (Å²) in [5.74, 6) is 0.366. The van der Waals surface area contributed by atoms with Gasteiger partial charge < -0.3 is 5.11 Å². The minimum absolute atomic E-state index is 0.366. The molecule has 0 aliphatic heterocycles. The molecule has 0 fully saturated rings. The Labute approximate surface area is 82.8 Å². The van der Waals surface area contributed by atoms with Crippen molar-refractivity contribution in [2.45, 2.75) is 6.92 Å². The van der Waals surface area contributed by atoms with Crippen molar-refractivity contribution in [2.75, 3.05) is 0 Å². The molecule has 3 heteroatoms. The van der Waals surface area contributed by atoms with Gasteiger partial charge in [-0.1, -0.05) is 6.07 Å². The normalized spacial score (nSPS) is 10.8. The summed E-state index contributed by atoms with van der Waals surface area (Å²) in [4.78, 5) is 0. The first-order valence-corrected chi connectivity index (χ1v) is 5.22. The van der Waals surface area contributed by atoms with Crippen LogP contribution >= 0.6 is 27.3 Å². The molecule has 0 amide bonds. The van der Waals surface area contributed by atoms with Crippen LogP contribution < -0.4 is 0 Å². The molecule has 1 heterocycles. The molecule has 62 valence electrons. The number of benzene rings is 1. The Morgan fingerprint density at radius 1 is 1.42 bits per heavy atom. The van der Waals surface area contributed by atoms with E-state index in [1.54, 1.807) is 16.7 Å². The first-order chi connectivity index (χ1) is 5.70. The number of halogens is 1. The van der Waals surface area contributed by atoms with Gasteiger partial charge in [0, 0.05) is 19.9 Å². The fourth-order valence-electron chi connectivity index (χ4n) is 1.23. The molecule has 1 nitrogen and oxygen atoms in total. The van der Waals surface area contributed by atoms with Gasteiger partial charge >= 0.3 is 0 Å². The highest BCUT2D eigenvalue weighted by Crippen LogP contribution is 2.38. The van der Waals surface area contributed by atoms with Crippen molar-refractivity contribution in [3.8, 4) is 5.75 Å². The number of hydrogen-bond acceptors (Lipinski definition) is 2. The van der Waals surface area contributed by atoms with Crippen LogP contribution in [0.2, 0.25) is 0 Å². The summed E-state index contributed by atoms with van der Waals surface area (Å²) in [5.41, 5.74) is 1.21. The molecule has 0 aliphatic carbocycles. The lowest BCUT2D eigenvalue weighted by atomic mass is 10.2. The molecular weight excluding hydrogens is 236 g/mol. The van der Waals surface area contributed by atoms with Gasteiger partial charge in [-0.05, 0) is 34.5 Å². The maximum Gasteiger partial charge on any atom is 0.135 e. The van der Waals surface area contributed by atoms with Gasteiger partial charge in [0.15, 0.2) is 0 Å². The highest BCUT2D eigenvalue weighted by atomic mass is 79.9. The fraction of sp³-hybridized carbons (Fsp3) is 0.111. The summed E-state index contributed by atoms with van der Waals surface area (Å²) in [7, 11) is 0. The third kappa shape index (κ3) is 1.04. The van der Waals surface area contributed by atoms with Crippen LogP contribution in [-0.4, -0.2) is 5.11 Å². The molecule has 0 aliphatic rings. The topological polar surface area (TPSA) is 20.2 Å². The Balaban J connectivity index is 2.98. The van der Waals surface area contributed by atoms with E-state index in [-0.39, 0.29) is 0 Å². The molecule has 0 unspecified atom stereocenters. The fourth-order valence-corrected chi connectivity index (χ4v) is 2.83. The molecule has 1 aromatic heterocycles. The minimum atomic E-state index is 0.366. The summed E-state index contributed by atoms with van der Waals surface area (Å²) >= 11 is 4.98. The van der Waals surface area contributed by atoms with Gasteiger partial charge in [0.1, 0.15) is 5.75 Å². The van der Waals surface area contributed by atoms with E-state index in [0.717, 1.165) is 14.6 Å². The van der Waals surface area contributed by atoms with E-state index in [2.05, 4.69) is 15.9 Å². The van der Waals surface area contributed by atoms with Crippen LogP contribution in [0.15, 0.2) is 22.0 Å². The maximum absolute atomic E-state index is 9.50. The van der Waals surface area contributed by atoms with Gasteiger partial charge in [0.25, 0.3) is 0 Å². The molecule has 0 bridgehead atoms. The van der Waals surface area contributed by atoms with Gasteiger partial charge in [-0.25, -0.2) is 0 Å². The van der Waals surface area contributed by atoms with Crippen LogP contribution in [0.1, 0.15) is 5.56 Å². The Morgan fingerprint density at radius 3 is 2.83 bits per heavy atom. The maximum atomic E-state index is 9.50. The Bertz CT molecular complexity index is 433. The number of hydrogen-bond donors (Lipinski definition) is 1. The standard InChI is InChI=1S/C9H7BrOS/c1-5-2-3-6(10)8-7(11)4-12-9(5)8/h2-4,11H,1H3. The summed E-state index contributed by atoms with van der Waals surface area (Å²) in [6, 6.07) is 4.01. The summed E-state index contributed by atoms with van der Waals surface area (Å²) in [5, 5.41) is 12.2. The van der Waals surface area contributed by atoms with Crippen LogP contribution in [0.3, 0.4) is 0 Å². The molecule has 0 atom stereocenters. The molecular formula is C9H7BrOS. The Hall–Kier alpha value is -0.540. The van der Waals surface area contributed by atoms with Gasteiger partial charge in [-0.3, -0.25) is 0 Å². The van der Waals surface area contributed by atoms with Crippen LogP contribution in [0.5, 0.6) is 5.75 Å². The molecule has 0 saturated heterocycles. The average molecular weight is 243 g/mol. The Kier molecular flexibility index (Phi) is 1.85. The molecule has 2 rings (SSSR count). The highest BCUT2D eigenvalue weighted by molar-refractivity contribution is 9.10. The predicted octanol–water partition coefficient (Wildman–Crippen LogP) is 3.68. The van der Waals surface area contributed by atoms with Gasteiger partial charge in [-0.2, -0.15) is 0 Å². The van der Waals surface area contributed by atoms with Gasteiger partial charge in [0.2, 0.25) is 0 Å². The van der Waals surface area contributed by atoms with Crippen molar-refractivity contribution in [1.82, 2.24) is 0 Å². The first kappa shape index (κ1) is 8.08. The largest absolute Gasteiger partial charge is 0.506 e. The zero-order chi connectivity index (χ0) is 8.72. The lowest BCUT2D eigenvalue weighted by molar-refractivity contribution is 0.483. The van der Waals surface area contributed by atoms with E-state index >= 15 is 0 Å². The van der Waals surface area contributed by atoms with Gasteiger partial charge in [-0.15, -0.1) is 11.3 Å². The van der Waals surface area contributed by atoms with E-state index in [1.165, 1.54) is 5.56 Å². The monoisotopic (exact) mass is 242 g/mol. The molecule has 0 saturated carbocycles. The molecule has 0 radical (unpaired) electrons. The second-order valence-electron chi connectivity index (χ2n) is 2.69. The number of aryl methyl sites for hydroxylation is 1. The first-order valence-electron chi connectivity index (χ1n) is 3.55. The van der Waals surface area contributed by atoms with Gasteiger partial charge in [0.05, 0.1) is 0 Å². The second-order valence-corrected chi connectivity index (χ2v) is 4.42. The minimum Gasteiger partial charge on any atom is -0.506 e. The highest BCUT2D eigenvalue weighted by Gasteiger charge is 2.07. The Morgan fingerprint density at radius 2 is 2.17 bits per heavy atom. The third-order valence-corrected chi connectivity index (χ3v) is 3.61. The van der Waals surface area contributed by atoms with Crippen molar-refractivity contribution in [3.05, 3.63) is 27.5 Å². The third-order valence-electron chi connectivity index (χ3n) is 1.85. The molecule has 12 heavy (non-hydrogen) atoms. The molecule has 0 spiro atoms. The molecule has 2 aromatic rings. The van der Waals surface area contributed by atoms with E-state index in [4.69, 9.17) is 0 Å². The zero-order valence-electron chi connectivity index (χ0n) is 6.47. The number of thiophene rings is 1. The quantitative estimate of drug-likeness (QED) is 0.748. The zero-order valence-corrected chi connectivity index (χ0v) is 8.87. The van der Waals surface area contributed by atoms with Crippen molar-refractivity contribution >= 4 is 37.4 Å². The lowest BCUT2D eigenvalue weighted by Gasteiger charge is -1.97. The molecule has 1 N–H and O–H groups in total. The van der Waals surface area contributed by atoms with Crippen molar-refractivity contribution in [1.29, 1.82) is 0 Å². The van der Waals surface area contributed by atoms with Crippen molar-refractivity contribution < 1.29 is 5.11 Å². The molecule has 1 aromatic carbocycles. The van der Waals surface area contributed by atoms with Crippen molar-refractivity contribution in [2.24, 2.45) is 0 Å². The summed E-state index contributed by atoms with van der Waals surface area (Å²) in [6.07, 6.45) is 0. The van der Waals surface area contributed by atoms with E-state index in [9.17, 15) is 5.11 Å². The van der Waals surface area contributed by atoms with Crippen LogP contribution in [-0.2, 0) is 0 Å². The van der Waals surface area contributed by atoms with Crippen molar-refractivity contribution in [3.63, 3.8) is 0 Å². The SMILES string of the molecule is Cc1ccc(Br)c2c(O)csc12. The smallest absolute Gasteiger partial charge is 0.135 e. The van der Waals surface area contributed by atoms with E-state index < -0.39 is 0 Å².